The molecule has 1 aromatic carbocycles. The Balaban J connectivity index is 0.00000147. The van der Waals surface area contributed by atoms with Crippen molar-refractivity contribution in [2.75, 3.05) is 19.6 Å². The number of amides is 1. The Bertz CT molecular complexity index is 512. The first-order valence-electron chi connectivity index (χ1n) is 6.63. The molecule has 3 nitrogen and oxygen atoms in total. The van der Waals surface area contributed by atoms with Gasteiger partial charge >= 0.3 is 0 Å². The third-order valence-electron chi connectivity index (χ3n) is 4.12. The van der Waals surface area contributed by atoms with Crippen molar-refractivity contribution in [1.29, 1.82) is 0 Å². The third-order valence-corrected chi connectivity index (χ3v) is 5.42. The van der Waals surface area contributed by atoms with Crippen LogP contribution in [0.25, 0.3) is 0 Å². The summed E-state index contributed by atoms with van der Waals surface area (Å²) in [5, 5.41) is 4.02. The van der Waals surface area contributed by atoms with E-state index in [0.29, 0.717) is 22.5 Å². The molecule has 2 fully saturated rings. The lowest BCUT2D eigenvalue weighted by atomic mass is 9.93. The van der Waals surface area contributed by atoms with Crippen LogP contribution in [0.2, 0.25) is 5.02 Å². The van der Waals surface area contributed by atoms with Crippen LogP contribution in [-0.4, -0.2) is 36.5 Å². The van der Waals surface area contributed by atoms with Crippen LogP contribution in [-0.2, 0) is 0 Å². The molecule has 1 amide bonds. The largest absolute Gasteiger partial charge is 0.338 e. The van der Waals surface area contributed by atoms with Crippen molar-refractivity contribution < 1.29 is 4.79 Å². The van der Waals surface area contributed by atoms with E-state index in [1.807, 2.05) is 17.0 Å². The molecule has 3 rings (SSSR count). The minimum Gasteiger partial charge on any atom is -0.338 e. The number of carbonyl (C=O) groups excluding carboxylic acids is 1. The van der Waals surface area contributed by atoms with E-state index >= 15 is 0 Å². The summed E-state index contributed by atoms with van der Waals surface area (Å²) < 4.78 is 0.775. The summed E-state index contributed by atoms with van der Waals surface area (Å²) in [6.07, 6.45) is 2.21. The average Bonchev–Trinajstić information content (AvgIpc) is 2.88. The summed E-state index contributed by atoms with van der Waals surface area (Å²) in [4.78, 5) is 14.5. The molecular formula is C14H17BrCl2N2O. The van der Waals surface area contributed by atoms with Gasteiger partial charge in [-0.25, -0.2) is 0 Å². The van der Waals surface area contributed by atoms with Crippen molar-refractivity contribution in [3.05, 3.63) is 33.3 Å². The zero-order chi connectivity index (χ0) is 13.4. The predicted octanol–water partition coefficient (Wildman–Crippen LogP) is 3.35. The Morgan fingerprint density at radius 2 is 2.20 bits per heavy atom. The lowest BCUT2D eigenvalue weighted by Crippen LogP contribution is -2.46. The fourth-order valence-corrected chi connectivity index (χ4v) is 3.64. The van der Waals surface area contributed by atoms with E-state index in [1.54, 1.807) is 6.07 Å². The molecule has 1 N–H and O–H groups in total. The number of hydrogen-bond acceptors (Lipinski definition) is 2. The summed E-state index contributed by atoms with van der Waals surface area (Å²) >= 11 is 9.58. The van der Waals surface area contributed by atoms with Crippen LogP contribution in [0.3, 0.4) is 0 Å². The normalized spacial score (nSPS) is 25.0. The van der Waals surface area contributed by atoms with E-state index in [0.717, 1.165) is 30.5 Å². The van der Waals surface area contributed by atoms with E-state index in [-0.39, 0.29) is 18.3 Å². The van der Waals surface area contributed by atoms with Crippen LogP contribution < -0.4 is 5.32 Å². The zero-order valence-corrected chi connectivity index (χ0v) is 14.1. The quantitative estimate of drug-likeness (QED) is 0.811. The monoisotopic (exact) mass is 378 g/mol. The van der Waals surface area contributed by atoms with Gasteiger partial charge in [-0.05, 0) is 53.4 Å². The standard InChI is InChI=1S/C14H16BrClN2O.ClH/c15-11-3-1-2-10(13(11)16)14(19)18-7-5-12-9(8-18)4-6-17-12;/h1-3,9,12,17H,4-8H2;1H. The van der Waals surface area contributed by atoms with Crippen molar-refractivity contribution in [3.8, 4) is 0 Å². The number of hydrogen-bond donors (Lipinski definition) is 1. The highest BCUT2D eigenvalue weighted by Gasteiger charge is 2.34. The highest BCUT2D eigenvalue weighted by molar-refractivity contribution is 9.10. The molecular weight excluding hydrogens is 363 g/mol. The van der Waals surface area contributed by atoms with Crippen molar-refractivity contribution in [2.24, 2.45) is 5.92 Å². The number of rotatable bonds is 1. The van der Waals surface area contributed by atoms with E-state index in [1.165, 1.54) is 6.42 Å². The lowest BCUT2D eigenvalue weighted by molar-refractivity contribution is 0.0662. The third kappa shape index (κ3) is 2.98. The Morgan fingerprint density at radius 3 is 3.00 bits per heavy atom. The van der Waals surface area contributed by atoms with Crippen LogP contribution >= 0.6 is 39.9 Å². The highest BCUT2D eigenvalue weighted by Crippen LogP contribution is 2.30. The number of nitrogens with one attached hydrogen (secondary N) is 1. The van der Waals surface area contributed by atoms with Crippen LogP contribution in [0, 0.1) is 5.92 Å². The van der Waals surface area contributed by atoms with Crippen molar-refractivity contribution >= 4 is 45.8 Å². The molecule has 0 aromatic heterocycles. The number of nitrogens with zero attached hydrogens (tertiary/aromatic N) is 1. The van der Waals surface area contributed by atoms with E-state index < -0.39 is 0 Å². The molecule has 20 heavy (non-hydrogen) atoms. The first-order valence-corrected chi connectivity index (χ1v) is 7.80. The highest BCUT2D eigenvalue weighted by atomic mass is 79.9. The number of benzene rings is 1. The molecule has 2 atom stereocenters. The number of carbonyl (C=O) groups is 1. The van der Waals surface area contributed by atoms with Gasteiger partial charge in [0.1, 0.15) is 0 Å². The molecule has 2 aliphatic rings. The van der Waals surface area contributed by atoms with Gasteiger partial charge in [-0.1, -0.05) is 17.7 Å². The molecule has 110 valence electrons. The molecule has 2 heterocycles. The molecule has 2 saturated heterocycles. The molecule has 0 aliphatic carbocycles. The molecule has 2 aliphatic heterocycles. The van der Waals surface area contributed by atoms with Crippen LogP contribution in [0.5, 0.6) is 0 Å². The second-order valence-corrected chi connectivity index (χ2v) is 6.48. The van der Waals surface area contributed by atoms with Crippen molar-refractivity contribution in [3.63, 3.8) is 0 Å². The summed E-state index contributed by atoms with van der Waals surface area (Å²) in [6.45, 7) is 2.74. The summed E-state index contributed by atoms with van der Waals surface area (Å²) in [5.41, 5.74) is 0.598. The van der Waals surface area contributed by atoms with Crippen LogP contribution in [0.15, 0.2) is 22.7 Å². The van der Waals surface area contributed by atoms with E-state index in [9.17, 15) is 4.79 Å². The van der Waals surface area contributed by atoms with Crippen molar-refractivity contribution in [1.82, 2.24) is 10.2 Å². The smallest absolute Gasteiger partial charge is 0.255 e. The fourth-order valence-electron chi connectivity index (χ4n) is 3.07. The minimum atomic E-state index is 0. The Labute approximate surface area is 138 Å². The molecule has 6 heteroatoms. The Morgan fingerprint density at radius 1 is 1.40 bits per heavy atom. The number of fused-ring (bicyclic) bond motifs is 1. The Kier molecular flexibility index (Phi) is 5.35. The fraction of sp³-hybridized carbons (Fsp3) is 0.500. The van der Waals surface area contributed by atoms with Gasteiger partial charge in [-0.2, -0.15) is 0 Å². The molecule has 0 radical (unpaired) electrons. The predicted molar refractivity (Wildman–Crippen MR) is 86.8 cm³/mol. The molecule has 1 aromatic rings. The number of piperidine rings is 1. The SMILES string of the molecule is Cl.O=C(c1cccc(Br)c1Cl)N1CCC2NCCC2C1. The number of likely N-dealkylation sites (tertiary alicyclic amines) is 1. The van der Waals surface area contributed by atoms with Gasteiger partial charge in [0.15, 0.2) is 0 Å². The van der Waals surface area contributed by atoms with Gasteiger partial charge in [-0.15, -0.1) is 12.4 Å². The molecule has 0 bridgehead atoms. The Hall–Kier alpha value is -0.290. The van der Waals surface area contributed by atoms with E-state index in [4.69, 9.17) is 11.6 Å². The molecule has 0 spiro atoms. The van der Waals surface area contributed by atoms with Crippen LogP contribution in [0.1, 0.15) is 23.2 Å². The topological polar surface area (TPSA) is 32.3 Å². The maximum Gasteiger partial charge on any atom is 0.255 e. The maximum atomic E-state index is 12.6. The lowest BCUT2D eigenvalue weighted by Gasteiger charge is -2.35. The molecule has 2 unspecified atom stereocenters. The zero-order valence-electron chi connectivity index (χ0n) is 10.9. The first-order chi connectivity index (χ1) is 9.16. The van der Waals surface area contributed by atoms with Crippen LogP contribution in [0.4, 0.5) is 0 Å². The summed E-state index contributed by atoms with van der Waals surface area (Å²) in [6, 6.07) is 6.11. The summed E-state index contributed by atoms with van der Waals surface area (Å²) in [7, 11) is 0. The van der Waals surface area contributed by atoms with Gasteiger partial charge in [0.25, 0.3) is 5.91 Å². The first kappa shape index (κ1) is 16.1. The van der Waals surface area contributed by atoms with Gasteiger partial charge in [-0.3, -0.25) is 4.79 Å². The maximum absolute atomic E-state index is 12.6. The average molecular weight is 380 g/mol. The molecule has 0 saturated carbocycles. The number of halogens is 3. The van der Waals surface area contributed by atoms with Crippen molar-refractivity contribution in [2.45, 2.75) is 18.9 Å². The van der Waals surface area contributed by atoms with E-state index in [2.05, 4.69) is 21.2 Å². The van der Waals surface area contributed by atoms with Gasteiger partial charge < -0.3 is 10.2 Å². The van der Waals surface area contributed by atoms with Gasteiger partial charge in [0.2, 0.25) is 0 Å². The minimum absolute atomic E-state index is 0. The second-order valence-electron chi connectivity index (χ2n) is 5.25. The van der Waals surface area contributed by atoms with Gasteiger partial charge in [0, 0.05) is 23.6 Å². The second kappa shape index (κ2) is 6.65. The summed E-state index contributed by atoms with van der Waals surface area (Å²) in [5.74, 6) is 0.653. The van der Waals surface area contributed by atoms with Gasteiger partial charge in [0.05, 0.1) is 10.6 Å².